The Morgan fingerprint density at radius 1 is 1.13 bits per heavy atom. The molecule has 1 heteroatoms. The van der Waals surface area contributed by atoms with Gasteiger partial charge in [-0.25, -0.2) is 0 Å². The molecule has 0 aliphatic heterocycles. The first kappa shape index (κ1) is 14.7. The van der Waals surface area contributed by atoms with Gasteiger partial charge < -0.3 is 5.32 Å². The molecule has 15 heavy (non-hydrogen) atoms. The van der Waals surface area contributed by atoms with E-state index >= 15 is 0 Å². The standard InChI is InChI=1S/C14H29N/c1-5-8-9-11-14(15-12-7-3)13(4)10-6-2/h10,14-15H,5-9,11-12H2,1-4H3/b13-10-. The fourth-order valence-electron chi connectivity index (χ4n) is 1.87. The third-order valence-electron chi connectivity index (χ3n) is 2.81. The number of allylic oxidation sites excluding steroid dienone is 1. The minimum atomic E-state index is 0.622. The van der Waals surface area contributed by atoms with Crippen molar-refractivity contribution in [1.82, 2.24) is 5.32 Å². The molecule has 90 valence electrons. The minimum absolute atomic E-state index is 0.622. The Morgan fingerprint density at radius 2 is 1.87 bits per heavy atom. The third-order valence-corrected chi connectivity index (χ3v) is 2.81. The highest BCUT2D eigenvalue weighted by Crippen LogP contribution is 2.11. The molecule has 0 bridgehead atoms. The number of rotatable bonds is 9. The van der Waals surface area contributed by atoms with Crippen LogP contribution < -0.4 is 5.32 Å². The number of hydrogen-bond acceptors (Lipinski definition) is 1. The SMILES string of the molecule is CC/C=C(/C)C(CCCCC)NCCC. The maximum Gasteiger partial charge on any atom is 0.0276 e. The number of nitrogens with one attached hydrogen (secondary N) is 1. The molecule has 0 fully saturated rings. The third kappa shape index (κ3) is 7.61. The summed E-state index contributed by atoms with van der Waals surface area (Å²) in [6, 6.07) is 0.622. The minimum Gasteiger partial charge on any atom is -0.310 e. The van der Waals surface area contributed by atoms with Gasteiger partial charge in [0.25, 0.3) is 0 Å². The second-order valence-corrected chi connectivity index (χ2v) is 4.36. The van der Waals surface area contributed by atoms with E-state index in [1.165, 1.54) is 37.7 Å². The molecule has 0 aliphatic rings. The largest absolute Gasteiger partial charge is 0.310 e. The van der Waals surface area contributed by atoms with Gasteiger partial charge in [-0.1, -0.05) is 51.7 Å². The molecule has 0 heterocycles. The van der Waals surface area contributed by atoms with Crippen LogP contribution in [0.2, 0.25) is 0 Å². The number of unbranched alkanes of at least 4 members (excludes halogenated alkanes) is 2. The average Bonchev–Trinajstić information content (AvgIpc) is 2.23. The molecular formula is C14H29N. The van der Waals surface area contributed by atoms with Gasteiger partial charge in [0, 0.05) is 6.04 Å². The smallest absolute Gasteiger partial charge is 0.0276 e. The second kappa shape index (κ2) is 10.2. The van der Waals surface area contributed by atoms with E-state index in [0.717, 1.165) is 13.0 Å². The van der Waals surface area contributed by atoms with Crippen LogP contribution in [0.1, 0.15) is 66.2 Å². The van der Waals surface area contributed by atoms with Gasteiger partial charge in [-0.15, -0.1) is 0 Å². The van der Waals surface area contributed by atoms with Crippen molar-refractivity contribution < 1.29 is 0 Å². The van der Waals surface area contributed by atoms with Crippen LogP contribution in [0.3, 0.4) is 0 Å². The van der Waals surface area contributed by atoms with Crippen LogP contribution in [0.4, 0.5) is 0 Å². The molecule has 0 aliphatic carbocycles. The van der Waals surface area contributed by atoms with Gasteiger partial charge in [0.05, 0.1) is 0 Å². The van der Waals surface area contributed by atoms with E-state index in [9.17, 15) is 0 Å². The highest BCUT2D eigenvalue weighted by Gasteiger charge is 2.08. The van der Waals surface area contributed by atoms with Crippen molar-refractivity contribution >= 4 is 0 Å². The predicted molar refractivity (Wildman–Crippen MR) is 70.3 cm³/mol. The van der Waals surface area contributed by atoms with Crippen molar-refractivity contribution in [3.63, 3.8) is 0 Å². The molecule has 0 radical (unpaired) electrons. The molecule has 0 aromatic carbocycles. The molecule has 0 saturated carbocycles. The molecule has 1 unspecified atom stereocenters. The zero-order chi connectivity index (χ0) is 11.5. The molecule has 0 aromatic rings. The Labute approximate surface area is 96.3 Å². The van der Waals surface area contributed by atoms with Crippen molar-refractivity contribution in [3.05, 3.63) is 11.6 Å². The van der Waals surface area contributed by atoms with Crippen LogP contribution in [-0.4, -0.2) is 12.6 Å². The van der Waals surface area contributed by atoms with Crippen molar-refractivity contribution in [2.45, 2.75) is 72.3 Å². The van der Waals surface area contributed by atoms with E-state index < -0.39 is 0 Å². The van der Waals surface area contributed by atoms with Crippen LogP contribution in [0.25, 0.3) is 0 Å². The van der Waals surface area contributed by atoms with Crippen LogP contribution in [0, 0.1) is 0 Å². The molecule has 0 rings (SSSR count). The zero-order valence-electron chi connectivity index (χ0n) is 11.1. The summed E-state index contributed by atoms with van der Waals surface area (Å²) in [5.41, 5.74) is 1.53. The maximum absolute atomic E-state index is 3.64. The Bertz CT molecular complexity index is 161. The summed E-state index contributed by atoms with van der Waals surface area (Å²) in [4.78, 5) is 0. The molecule has 0 saturated heterocycles. The summed E-state index contributed by atoms with van der Waals surface area (Å²) in [6.07, 6.45) is 10.1. The average molecular weight is 211 g/mol. The van der Waals surface area contributed by atoms with E-state index in [1.54, 1.807) is 0 Å². The second-order valence-electron chi connectivity index (χ2n) is 4.36. The lowest BCUT2D eigenvalue weighted by Gasteiger charge is -2.19. The normalized spacial score (nSPS) is 14.3. The first-order chi connectivity index (χ1) is 7.26. The summed E-state index contributed by atoms with van der Waals surface area (Å²) in [5.74, 6) is 0. The highest BCUT2D eigenvalue weighted by atomic mass is 14.9. The summed E-state index contributed by atoms with van der Waals surface area (Å²) in [7, 11) is 0. The Hall–Kier alpha value is -0.300. The zero-order valence-corrected chi connectivity index (χ0v) is 11.1. The van der Waals surface area contributed by atoms with E-state index in [2.05, 4.69) is 39.1 Å². The van der Waals surface area contributed by atoms with E-state index in [-0.39, 0.29) is 0 Å². The lowest BCUT2D eigenvalue weighted by Crippen LogP contribution is -2.30. The van der Waals surface area contributed by atoms with Crippen molar-refractivity contribution in [1.29, 1.82) is 0 Å². The lowest BCUT2D eigenvalue weighted by molar-refractivity contribution is 0.503. The Balaban J connectivity index is 3.99. The van der Waals surface area contributed by atoms with Crippen molar-refractivity contribution in [2.75, 3.05) is 6.54 Å². The molecule has 0 aromatic heterocycles. The molecular weight excluding hydrogens is 182 g/mol. The van der Waals surface area contributed by atoms with Gasteiger partial charge in [-0.2, -0.15) is 0 Å². The summed E-state index contributed by atoms with van der Waals surface area (Å²) >= 11 is 0. The van der Waals surface area contributed by atoms with E-state index in [4.69, 9.17) is 0 Å². The van der Waals surface area contributed by atoms with Crippen LogP contribution in [0.5, 0.6) is 0 Å². The first-order valence-electron chi connectivity index (χ1n) is 6.66. The Morgan fingerprint density at radius 3 is 2.40 bits per heavy atom. The summed E-state index contributed by atoms with van der Waals surface area (Å²) < 4.78 is 0. The quantitative estimate of drug-likeness (QED) is 0.443. The molecule has 1 nitrogen and oxygen atoms in total. The van der Waals surface area contributed by atoms with Gasteiger partial charge in [0.15, 0.2) is 0 Å². The molecule has 0 spiro atoms. The molecule has 1 atom stereocenters. The van der Waals surface area contributed by atoms with Gasteiger partial charge in [0.1, 0.15) is 0 Å². The Kier molecular flexibility index (Phi) is 10.0. The fraction of sp³-hybridized carbons (Fsp3) is 0.857. The van der Waals surface area contributed by atoms with Gasteiger partial charge in [-0.3, -0.25) is 0 Å². The predicted octanol–water partition coefficient (Wildman–Crippen LogP) is 4.29. The topological polar surface area (TPSA) is 12.0 Å². The molecule has 1 N–H and O–H groups in total. The first-order valence-corrected chi connectivity index (χ1v) is 6.66. The van der Waals surface area contributed by atoms with Crippen LogP contribution >= 0.6 is 0 Å². The van der Waals surface area contributed by atoms with E-state index in [0.29, 0.717) is 6.04 Å². The monoisotopic (exact) mass is 211 g/mol. The lowest BCUT2D eigenvalue weighted by atomic mass is 10.0. The highest BCUT2D eigenvalue weighted by molar-refractivity contribution is 5.07. The van der Waals surface area contributed by atoms with Gasteiger partial charge >= 0.3 is 0 Å². The summed E-state index contributed by atoms with van der Waals surface area (Å²) in [5, 5.41) is 3.64. The van der Waals surface area contributed by atoms with Crippen molar-refractivity contribution in [3.8, 4) is 0 Å². The van der Waals surface area contributed by atoms with Crippen LogP contribution in [-0.2, 0) is 0 Å². The number of hydrogen-bond donors (Lipinski definition) is 1. The van der Waals surface area contributed by atoms with Gasteiger partial charge in [0.2, 0.25) is 0 Å². The fourth-order valence-corrected chi connectivity index (χ4v) is 1.87. The summed E-state index contributed by atoms with van der Waals surface area (Å²) in [6.45, 7) is 10.1. The maximum atomic E-state index is 3.64. The van der Waals surface area contributed by atoms with E-state index in [1.807, 2.05) is 0 Å². The van der Waals surface area contributed by atoms with Crippen molar-refractivity contribution in [2.24, 2.45) is 0 Å². The van der Waals surface area contributed by atoms with Crippen LogP contribution in [0.15, 0.2) is 11.6 Å². The molecule has 0 amide bonds. The van der Waals surface area contributed by atoms with Gasteiger partial charge in [-0.05, 0) is 32.7 Å².